The normalized spacial score (nSPS) is 11.5. The van der Waals surface area contributed by atoms with Crippen molar-refractivity contribution in [3.63, 3.8) is 0 Å². The maximum Gasteiger partial charge on any atom is 0.260 e. The molecule has 0 aliphatic heterocycles. The molecule has 1 heterocycles. The fourth-order valence-electron chi connectivity index (χ4n) is 2.98. The van der Waals surface area contributed by atoms with Crippen LogP contribution in [0.15, 0.2) is 82.2 Å². The lowest BCUT2D eigenvalue weighted by atomic mass is 10.1. The van der Waals surface area contributed by atoms with Crippen molar-refractivity contribution in [2.75, 3.05) is 11.2 Å². The number of sulfone groups is 1. The molecule has 1 amide bonds. The summed E-state index contributed by atoms with van der Waals surface area (Å²) in [6.45, 7) is 0.356. The number of hydrogen-bond donors (Lipinski definition) is 0. The summed E-state index contributed by atoms with van der Waals surface area (Å²) < 4.78 is 25.4. The topological polar surface area (TPSA) is 67.3 Å². The highest BCUT2D eigenvalue weighted by Crippen LogP contribution is 2.32. The number of amides is 1. The van der Waals surface area contributed by atoms with E-state index in [2.05, 4.69) is 20.9 Å². The number of benzene rings is 3. The Hall–Kier alpha value is -2.55. The molecule has 0 unspecified atom stereocenters. The number of aromatic nitrogens is 1. The number of carbonyl (C=O) groups is 1. The van der Waals surface area contributed by atoms with Crippen molar-refractivity contribution in [1.29, 1.82) is 0 Å². The molecule has 1 aromatic heterocycles. The van der Waals surface area contributed by atoms with E-state index in [-0.39, 0.29) is 10.8 Å². The van der Waals surface area contributed by atoms with E-state index >= 15 is 0 Å². The molecule has 0 spiro atoms. The fourth-order valence-corrected chi connectivity index (χ4v) is 4.97. The number of rotatable bonds is 5. The third-order valence-electron chi connectivity index (χ3n) is 4.53. The number of anilines is 1. The molecular formula is C22H17BrN2O3S2. The van der Waals surface area contributed by atoms with Crippen molar-refractivity contribution >= 4 is 58.4 Å². The number of thiazole rings is 1. The van der Waals surface area contributed by atoms with E-state index in [1.807, 2.05) is 42.5 Å². The molecule has 0 atom stereocenters. The maximum absolute atomic E-state index is 13.3. The Morgan fingerprint density at radius 2 is 1.73 bits per heavy atom. The molecule has 152 valence electrons. The molecule has 0 aliphatic rings. The first-order chi connectivity index (χ1) is 14.3. The van der Waals surface area contributed by atoms with E-state index in [4.69, 9.17) is 0 Å². The zero-order valence-electron chi connectivity index (χ0n) is 15.9. The number of carbonyl (C=O) groups excluding carboxylic acids is 1. The van der Waals surface area contributed by atoms with Crippen LogP contribution in [-0.4, -0.2) is 25.6 Å². The third-order valence-corrected chi connectivity index (χ3v) is 7.21. The van der Waals surface area contributed by atoms with Gasteiger partial charge in [-0.1, -0.05) is 57.6 Å². The van der Waals surface area contributed by atoms with Crippen LogP contribution in [0.2, 0.25) is 0 Å². The summed E-state index contributed by atoms with van der Waals surface area (Å²) in [6, 6.07) is 21.7. The van der Waals surface area contributed by atoms with Crippen LogP contribution in [0.4, 0.5) is 5.13 Å². The number of fused-ring (bicyclic) bond motifs is 1. The Kier molecular flexibility index (Phi) is 5.73. The van der Waals surface area contributed by atoms with Crippen molar-refractivity contribution in [3.8, 4) is 0 Å². The van der Waals surface area contributed by atoms with Crippen LogP contribution in [0.3, 0.4) is 0 Å². The number of nitrogens with zero attached hydrogens (tertiary/aromatic N) is 2. The zero-order valence-corrected chi connectivity index (χ0v) is 19.2. The second-order valence-electron chi connectivity index (χ2n) is 6.78. The number of halogens is 1. The summed E-state index contributed by atoms with van der Waals surface area (Å²) in [7, 11) is -3.32. The zero-order chi connectivity index (χ0) is 21.3. The van der Waals surface area contributed by atoms with Crippen molar-refractivity contribution in [2.45, 2.75) is 11.4 Å². The molecule has 4 rings (SSSR count). The van der Waals surface area contributed by atoms with Gasteiger partial charge in [-0.05, 0) is 48.0 Å². The predicted octanol–water partition coefficient (Wildman–Crippen LogP) is 5.31. The van der Waals surface area contributed by atoms with Crippen LogP contribution in [0.25, 0.3) is 10.2 Å². The molecule has 0 aliphatic carbocycles. The first kappa shape index (κ1) is 20.7. The average molecular weight is 501 g/mol. The molecule has 0 bridgehead atoms. The highest BCUT2D eigenvalue weighted by molar-refractivity contribution is 9.10. The van der Waals surface area contributed by atoms with Gasteiger partial charge in [0.25, 0.3) is 5.91 Å². The van der Waals surface area contributed by atoms with Gasteiger partial charge in [0.15, 0.2) is 15.0 Å². The fraction of sp³-hybridized carbons (Fsp3) is 0.0909. The SMILES string of the molecule is CS(=O)(=O)c1ccc2nc(N(Cc3ccccc3)C(=O)c3ccc(Br)cc3)sc2c1. The minimum atomic E-state index is -3.32. The highest BCUT2D eigenvalue weighted by atomic mass is 79.9. The molecule has 5 nitrogen and oxygen atoms in total. The van der Waals surface area contributed by atoms with Crippen molar-refractivity contribution in [3.05, 3.63) is 88.4 Å². The summed E-state index contributed by atoms with van der Waals surface area (Å²) in [4.78, 5) is 19.8. The maximum atomic E-state index is 13.3. The van der Waals surface area contributed by atoms with Gasteiger partial charge in [0, 0.05) is 16.3 Å². The Bertz CT molecular complexity index is 1320. The number of hydrogen-bond acceptors (Lipinski definition) is 5. The van der Waals surface area contributed by atoms with Crippen LogP contribution in [0.5, 0.6) is 0 Å². The molecule has 0 saturated carbocycles. The van der Waals surface area contributed by atoms with Crippen LogP contribution in [0, 0.1) is 0 Å². The van der Waals surface area contributed by atoms with E-state index in [9.17, 15) is 13.2 Å². The van der Waals surface area contributed by atoms with E-state index in [1.165, 1.54) is 17.6 Å². The summed E-state index contributed by atoms with van der Waals surface area (Å²) in [5, 5.41) is 0.521. The van der Waals surface area contributed by atoms with Crippen LogP contribution in [0.1, 0.15) is 15.9 Å². The van der Waals surface area contributed by atoms with Crippen molar-refractivity contribution < 1.29 is 13.2 Å². The lowest BCUT2D eigenvalue weighted by Crippen LogP contribution is -2.30. The predicted molar refractivity (Wildman–Crippen MR) is 124 cm³/mol. The largest absolute Gasteiger partial charge is 0.279 e. The Morgan fingerprint density at radius 1 is 1.03 bits per heavy atom. The van der Waals surface area contributed by atoms with Gasteiger partial charge < -0.3 is 0 Å². The van der Waals surface area contributed by atoms with E-state index in [0.717, 1.165) is 14.7 Å². The minimum absolute atomic E-state index is 0.172. The summed E-state index contributed by atoms with van der Waals surface area (Å²) in [5.41, 5.74) is 2.17. The van der Waals surface area contributed by atoms with E-state index < -0.39 is 9.84 Å². The highest BCUT2D eigenvalue weighted by Gasteiger charge is 2.22. The molecule has 4 aromatic rings. The molecule has 3 aromatic carbocycles. The van der Waals surface area contributed by atoms with Crippen LogP contribution >= 0.6 is 27.3 Å². The van der Waals surface area contributed by atoms with Gasteiger partial charge >= 0.3 is 0 Å². The molecule has 0 radical (unpaired) electrons. The summed E-state index contributed by atoms with van der Waals surface area (Å²) in [6.07, 6.45) is 1.18. The van der Waals surface area contributed by atoms with Gasteiger partial charge in [0.2, 0.25) is 0 Å². The minimum Gasteiger partial charge on any atom is -0.279 e. The Balaban J connectivity index is 1.78. The molecule has 0 N–H and O–H groups in total. The van der Waals surface area contributed by atoms with Crippen LogP contribution < -0.4 is 4.90 Å². The molecule has 8 heteroatoms. The smallest absolute Gasteiger partial charge is 0.260 e. The first-order valence-electron chi connectivity index (χ1n) is 9.03. The average Bonchev–Trinajstić information content (AvgIpc) is 3.15. The summed E-state index contributed by atoms with van der Waals surface area (Å²) >= 11 is 4.69. The molecule has 0 saturated heterocycles. The van der Waals surface area contributed by atoms with E-state index in [1.54, 1.807) is 35.2 Å². The quantitative estimate of drug-likeness (QED) is 0.372. The van der Waals surface area contributed by atoms with E-state index in [0.29, 0.717) is 22.8 Å². The first-order valence-corrected chi connectivity index (χ1v) is 12.5. The van der Waals surface area contributed by atoms with Gasteiger partial charge in [-0.15, -0.1) is 0 Å². The Morgan fingerprint density at radius 3 is 2.40 bits per heavy atom. The second kappa shape index (κ2) is 8.29. The lowest BCUT2D eigenvalue weighted by Gasteiger charge is -2.20. The molecule has 0 fully saturated rings. The lowest BCUT2D eigenvalue weighted by molar-refractivity contribution is 0.0985. The molecular weight excluding hydrogens is 484 g/mol. The van der Waals surface area contributed by atoms with Crippen molar-refractivity contribution in [1.82, 2.24) is 4.98 Å². The van der Waals surface area contributed by atoms with Gasteiger partial charge in [-0.2, -0.15) is 0 Å². The van der Waals surface area contributed by atoms with Crippen molar-refractivity contribution in [2.24, 2.45) is 0 Å². The monoisotopic (exact) mass is 500 g/mol. The molecule has 30 heavy (non-hydrogen) atoms. The van der Waals surface area contributed by atoms with Gasteiger partial charge in [0.05, 0.1) is 21.7 Å². The van der Waals surface area contributed by atoms with Gasteiger partial charge in [-0.3, -0.25) is 9.69 Å². The van der Waals surface area contributed by atoms with Gasteiger partial charge in [0.1, 0.15) is 0 Å². The summed E-state index contributed by atoms with van der Waals surface area (Å²) in [5.74, 6) is -0.172. The third kappa shape index (κ3) is 4.45. The Labute approximate surface area is 187 Å². The van der Waals surface area contributed by atoms with Gasteiger partial charge in [-0.25, -0.2) is 13.4 Å². The second-order valence-corrected chi connectivity index (χ2v) is 10.7. The van der Waals surface area contributed by atoms with Crippen LogP contribution in [-0.2, 0) is 16.4 Å². The standard InChI is InChI=1S/C22H17BrN2O3S2/c1-30(27,28)18-11-12-19-20(13-18)29-22(24-19)25(14-15-5-3-2-4-6-15)21(26)16-7-9-17(23)10-8-16/h2-13H,14H2,1H3.